The lowest BCUT2D eigenvalue weighted by atomic mass is 10.1. The van der Waals surface area contributed by atoms with Gasteiger partial charge in [0.1, 0.15) is 24.1 Å². The Hall–Kier alpha value is -4.72. The van der Waals surface area contributed by atoms with E-state index in [0.717, 1.165) is 0 Å². The van der Waals surface area contributed by atoms with Crippen molar-refractivity contribution in [1.82, 2.24) is 25.0 Å². The fourth-order valence-corrected chi connectivity index (χ4v) is 4.62. The molecule has 0 aliphatic carbocycles. The Kier molecular flexibility index (Phi) is 10.1. The number of likely N-dealkylation sites (N-methyl/N-ethyl adjacent to an activating group) is 1. The van der Waals surface area contributed by atoms with E-state index >= 15 is 0 Å². The maximum atomic E-state index is 13.8. The van der Waals surface area contributed by atoms with Crippen LogP contribution in [0.1, 0.15) is 12.0 Å². The number of ether oxygens (including phenoxy) is 1. The van der Waals surface area contributed by atoms with Gasteiger partial charge < -0.3 is 29.9 Å². The van der Waals surface area contributed by atoms with Crippen molar-refractivity contribution in [1.29, 1.82) is 0 Å². The molecule has 1 aromatic heterocycles. The van der Waals surface area contributed by atoms with Crippen LogP contribution in [-0.2, 0) is 16.1 Å². The third-order valence-electron chi connectivity index (χ3n) is 6.96. The molecular formula is C28H29ClF2N6O6. The number of nitrogens with one attached hydrogen (secondary N) is 2. The van der Waals surface area contributed by atoms with Crippen LogP contribution in [0.15, 0.2) is 48.7 Å². The molecule has 0 radical (unpaired) electrons. The molecule has 1 fully saturated rings. The number of anilines is 1. The minimum absolute atomic E-state index is 0.102. The molecule has 3 N–H and O–H groups in total. The van der Waals surface area contributed by atoms with Gasteiger partial charge in [0.05, 0.1) is 17.5 Å². The summed E-state index contributed by atoms with van der Waals surface area (Å²) >= 11 is 5.98. The monoisotopic (exact) mass is 618 g/mol. The van der Waals surface area contributed by atoms with E-state index in [9.17, 15) is 28.0 Å². The summed E-state index contributed by atoms with van der Waals surface area (Å²) in [6.07, 6.45) is -0.779. The van der Waals surface area contributed by atoms with Gasteiger partial charge >= 0.3 is 18.2 Å². The fourth-order valence-electron chi connectivity index (χ4n) is 4.42. The minimum atomic E-state index is -1.08. The number of hydrogen-bond donors (Lipinski definition) is 3. The van der Waals surface area contributed by atoms with E-state index in [4.69, 9.17) is 21.4 Å². The van der Waals surface area contributed by atoms with E-state index in [0.29, 0.717) is 16.3 Å². The zero-order valence-corrected chi connectivity index (χ0v) is 23.8. The molecule has 1 saturated heterocycles. The highest BCUT2D eigenvalue weighted by atomic mass is 35.5. The van der Waals surface area contributed by atoms with Gasteiger partial charge in [-0.25, -0.2) is 28.1 Å². The third-order valence-corrected chi connectivity index (χ3v) is 7.39. The fraction of sp³-hybridized carbons (Fsp3) is 0.321. The Balaban J connectivity index is 1.41. The number of halogens is 3. The van der Waals surface area contributed by atoms with Crippen LogP contribution in [0.4, 0.5) is 29.0 Å². The Bertz CT molecular complexity index is 1520. The molecule has 1 aliphatic rings. The molecule has 228 valence electrons. The number of carbonyl (C=O) groups is 4. The zero-order chi connectivity index (χ0) is 31.1. The van der Waals surface area contributed by atoms with Gasteiger partial charge in [0, 0.05) is 51.4 Å². The lowest BCUT2D eigenvalue weighted by Crippen LogP contribution is -2.52. The highest BCUT2D eigenvalue weighted by molar-refractivity contribution is 6.31. The smallest absolute Gasteiger partial charge is 0.412 e. The number of benzene rings is 2. The molecular weight excluding hydrogens is 590 g/mol. The van der Waals surface area contributed by atoms with Gasteiger partial charge in [-0.05, 0) is 41.3 Å². The lowest BCUT2D eigenvalue weighted by Gasteiger charge is -2.35. The molecule has 1 atom stereocenters. The summed E-state index contributed by atoms with van der Waals surface area (Å²) in [5, 5.41) is 15.3. The average Bonchev–Trinajstić information content (AvgIpc) is 2.99. The first-order valence-corrected chi connectivity index (χ1v) is 13.6. The van der Waals surface area contributed by atoms with E-state index in [1.54, 1.807) is 12.1 Å². The number of nitrogens with zero attached hydrogens (tertiary/aromatic N) is 4. The van der Waals surface area contributed by atoms with Crippen LogP contribution in [-0.4, -0.2) is 94.8 Å². The summed E-state index contributed by atoms with van der Waals surface area (Å²) < 4.78 is 32.7. The number of piperazine rings is 1. The van der Waals surface area contributed by atoms with Gasteiger partial charge in [-0.1, -0.05) is 23.7 Å². The number of urea groups is 1. The molecule has 2 heterocycles. The lowest BCUT2D eigenvalue weighted by molar-refractivity contribution is -0.134. The van der Waals surface area contributed by atoms with Gasteiger partial charge in [0.15, 0.2) is 0 Å². The molecule has 12 nitrogen and oxygen atoms in total. The van der Waals surface area contributed by atoms with Gasteiger partial charge in [-0.15, -0.1) is 0 Å². The molecule has 15 heteroatoms. The van der Waals surface area contributed by atoms with Gasteiger partial charge in [0.2, 0.25) is 5.91 Å². The van der Waals surface area contributed by atoms with E-state index < -0.39 is 35.9 Å². The summed E-state index contributed by atoms with van der Waals surface area (Å²) in [6.45, 7) is 0.117. The average molecular weight is 619 g/mol. The predicted molar refractivity (Wildman–Crippen MR) is 153 cm³/mol. The van der Waals surface area contributed by atoms with Gasteiger partial charge in [0.25, 0.3) is 0 Å². The number of rotatable bonds is 8. The second-order valence-corrected chi connectivity index (χ2v) is 10.2. The van der Waals surface area contributed by atoms with Gasteiger partial charge in [-0.3, -0.25) is 10.1 Å². The molecule has 0 saturated carbocycles. The van der Waals surface area contributed by atoms with E-state index in [2.05, 4.69) is 15.6 Å². The van der Waals surface area contributed by atoms with Crippen LogP contribution in [0.2, 0.25) is 5.02 Å². The zero-order valence-electron chi connectivity index (χ0n) is 23.1. The van der Waals surface area contributed by atoms with Crippen LogP contribution in [0.25, 0.3) is 10.8 Å². The van der Waals surface area contributed by atoms with Crippen LogP contribution in [0, 0.1) is 11.6 Å². The molecule has 1 aliphatic heterocycles. The molecule has 5 amide bonds. The van der Waals surface area contributed by atoms with E-state index in [1.165, 1.54) is 58.3 Å². The number of amides is 5. The minimum Gasteiger partial charge on any atom is -0.465 e. The van der Waals surface area contributed by atoms with Crippen LogP contribution >= 0.6 is 11.6 Å². The van der Waals surface area contributed by atoms with Crippen LogP contribution in [0.5, 0.6) is 0 Å². The number of hydrogen-bond acceptors (Lipinski definition) is 6. The SMILES string of the molecule is CN(C(=O)NCc1cccc(F)c1Cl)[C@H](COC(=O)Nc1cc2cc(F)ccc2cn1)CC(=O)N1CCN(C(=O)O)CC1. The third kappa shape index (κ3) is 8.19. The molecule has 2 aromatic carbocycles. The van der Waals surface area contributed by atoms with Crippen molar-refractivity contribution in [3.8, 4) is 0 Å². The Morgan fingerprint density at radius 3 is 2.51 bits per heavy atom. The van der Waals surface area contributed by atoms with Crippen LogP contribution in [0.3, 0.4) is 0 Å². The maximum absolute atomic E-state index is 13.8. The summed E-state index contributed by atoms with van der Waals surface area (Å²) in [6, 6.07) is 8.20. The first-order chi connectivity index (χ1) is 20.5. The summed E-state index contributed by atoms with van der Waals surface area (Å²) in [5.41, 5.74) is 0.339. The van der Waals surface area contributed by atoms with Crippen molar-refractivity contribution in [2.24, 2.45) is 0 Å². The number of carbonyl (C=O) groups excluding carboxylic acids is 3. The Labute approximate surface area is 250 Å². The highest BCUT2D eigenvalue weighted by Crippen LogP contribution is 2.20. The van der Waals surface area contributed by atoms with Crippen molar-refractivity contribution in [3.05, 3.63) is 70.9 Å². The topological polar surface area (TPSA) is 144 Å². The van der Waals surface area contributed by atoms with E-state index in [1.807, 2.05) is 0 Å². The first-order valence-electron chi connectivity index (χ1n) is 13.2. The molecule has 43 heavy (non-hydrogen) atoms. The summed E-state index contributed by atoms with van der Waals surface area (Å²) in [5.74, 6) is -1.36. The normalized spacial score (nSPS) is 13.8. The number of fused-ring (bicyclic) bond motifs is 1. The van der Waals surface area contributed by atoms with E-state index in [-0.39, 0.29) is 62.5 Å². The molecule has 0 spiro atoms. The standard InChI is InChI=1S/C28H29ClF2N6O6/c1-35(26(39)33-15-18-3-2-4-22(31)25(18)29)21(13-24(38)36-7-9-37(10-8-36)28(41)42)16-43-27(40)34-23-12-19-11-20(30)6-5-17(19)14-32-23/h2-6,11-12,14,21H,7-10,13,15-16H2,1H3,(H,33,39)(H,41,42)(H,32,34,40)/t21-/m0/s1. The first kappa shape index (κ1) is 31.2. The molecule has 0 unspecified atom stereocenters. The van der Waals surface area contributed by atoms with Crippen molar-refractivity contribution >= 4 is 52.3 Å². The number of aromatic nitrogens is 1. The Morgan fingerprint density at radius 1 is 1.07 bits per heavy atom. The second-order valence-electron chi connectivity index (χ2n) is 9.78. The second kappa shape index (κ2) is 14.0. The van der Waals surface area contributed by atoms with Crippen molar-refractivity contribution < 1.29 is 37.8 Å². The van der Waals surface area contributed by atoms with Crippen molar-refractivity contribution in [3.63, 3.8) is 0 Å². The highest BCUT2D eigenvalue weighted by Gasteiger charge is 2.29. The molecule has 0 bridgehead atoms. The molecule has 4 rings (SSSR count). The molecule has 3 aromatic rings. The summed E-state index contributed by atoms with van der Waals surface area (Å²) in [7, 11) is 1.41. The number of pyridine rings is 1. The largest absolute Gasteiger partial charge is 0.465 e. The Morgan fingerprint density at radius 2 is 1.79 bits per heavy atom. The quantitative estimate of drug-likeness (QED) is 0.344. The number of carboxylic acid groups (broad SMARTS) is 1. The maximum Gasteiger partial charge on any atom is 0.412 e. The van der Waals surface area contributed by atoms with Crippen molar-refractivity contribution in [2.45, 2.75) is 19.0 Å². The summed E-state index contributed by atoms with van der Waals surface area (Å²) in [4.78, 5) is 57.9. The van der Waals surface area contributed by atoms with Crippen LogP contribution < -0.4 is 10.6 Å². The van der Waals surface area contributed by atoms with Gasteiger partial charge in [-0.2, -0.15) is 0 Å². The predicted octanol–water partition coefficient (Wildman–Crippen LogP) is 4.14. The van der Waals surface area contributed by atoms with Crippen molar-refractivity contribution in [2.75, 3.05) is 45.2 Å².